The molecule has 23 heavy (non-hydrogen) atoms. The average molecular weight is 345 g/mol. The van der Waals surface area contributed by atoms with E-state index in [2.05, 4.69) is 60.7 Å². The number of benzene rings is 2. The summed E-state index contributed by atoms with van der Waals surface area (Å²) < 4.78 is 6.20. The van der Waals surface area contributed by atoms with Crippen LogP contribution < -0.4 is 0 Å². The fourth-order valence-corrected chi connectivity index (χ4v) is 4.90. The van der Waals surface area contributed by atoms with Gasteiger partial charge in [-0.3, -0.25) is 0 Å². The Bertz CT molecular complexity index is 507. The fraction of sp³-hybridized carbons (Fsp3) is 0.400. The van der Waals surface area contributed by atoms with Gasteiger partial charge in [0, 0.05) is 23.0 Å². The quantitative estimate of drug-likeness (QED) is 0.634. The van der Waals surface area contributed by atoms with Crippen LogP contribution in [0.25, 0.3) is 0 Å². The zero-order chi connectivity index (χ0) is 15.7. The Labute approximate surface area is 148 Å². The maximum Gasteiger partial charge on any atom is 0.0670 e. The van der Waals surface area contributed by atoms with Crippen molar-refractivity contribution in [1.82, 2.24) is 0 Å². The lowest BCUT2D eigenvalue weighted by atomic mass is 10.2. The SMILES string of the molecule is c1ccc(CSC[C@@H]2CC[C@@H](CSCc3ccccc3)O2)cc1. The lowest BCUT2D eigenvalue weighted by Crippen LogP contribution is -2.15. The standard InChI is InChI=1S/C20H24OS2/c1-3-7-17(8-4-1)13-22-15-19-11-12-20(21-19)16-23-14-18-9-5-2-6-10-18/h1-10,19-20H,11-16H2/t19-,20-/m0/s1. The Morgan fingerprint density at radius 2 is 1.13 bits per heavy atom. The number of rotatable bonds is 8. The summed E-state index contributed by atoms with van der Waals surface area (Å²) in [5, 5.41) is 0. The smallest absolute Gasteiger partial charge is 0.0670 e. The molecule has 3 heteroatoms. The molecule has 2 aromatic rings. The topological polar surface area (TPSA) is 9.23 Å². The van der Waals surface area contributed by atoms with E-state index in [-0.39, 0.29) is 0 Å². The van der Waals surface area contributed by atoms with Gasteiger partial charge < -0.3 is 4.74 Å². The van der Waals surface area contributed by atoms with E-state index in [9.17, 15) is 0 Å². The second-order valence-electron chi connectivity index (χ2n) is 5.96. The third-order valence-corrected chi connectivity index (χ3v) is 6.32. The molecular weight excluding hydrogens is 320 g/mol. The Balaban J connectivity index is 1.29. The number of thioether (sulfide) groups is 2. The Morgan fingerprint density at radius 1 is 0.696 bits per heavy atom. The first-order valence-electron chi connectivity index (χ1n) is 8.29. The van der Waals surface area contributed by atoms with E-state index in [1.54, 1.807) is 0 Å². The molecule has 2 atom stereocenters. The summed E-state index contributed by atoms with van der Waals surface area (Å²) in [7, 11) is 0. The van der Waals surface area contributed by atoms with Crippen LogP contribution in [0.1, 0.15) is 24.0 Å². The molecule has 1 saturated heterocycles. The van der Waals surface area contributed by atoms with Gasteiger partial charge in [0.2, 0.25) is 0 Å². The highest BCUT2D eigenvalue weighted by molar-refractivity contribution is 7.98. The molecule has 0 aromatic heterocycles. The summed E-state index contributed by atoms with van der Waals surface area (Å²) in [6.07, 6.45) is 3.34. The van der Waals surface area contributed by atoms with Crippen LogP contribution in [0, 0.1) is 0 Å². The normalized spacial score (nSPS) is 20.7. The first-order chi connectivity index (χ1) is 11.4. The van der Waals surface area contributed by atoms with Gasteiger partial charge in [-0.2, -0.15) is 23.5 Å². The maximum atomic E-state index is 6.20. The number of ether oxygens (including phenoxy) is 1. The fourth-order valence-electron chi connectivity index (χ4n) is 2.79. The largest absolute Gasteiger partial charge is 0.373 e. The minimum Gasteiger partial charge on any atom is -0.373 e. The highest BCUT2D eigenvalue weighted by atomic mass is 32.2. The molecule has 0 saturated carbocycles. The average Bonchev–Trinajstić information content (AvgIpc) is 3.05. The maximum absolute atomic E-state index is 6.20. The second kappa shape index (κ2) is 9.41. The van der Waals surface area contributed by atoms with Crippen molar-refractivity contribution >= 4 is 23.5 Å². The zero-order valence-corrected chi connectivity index (χ0v) is 15.0. The molecule has 0 N–H and O–H groups in total. The molecule has 122 valence electrons. The minimum absolute atomic E-state index is 0.450. The summed E-state index contributed by atoms with van der Waals surface area (Å²) in [5.74, 6) is 4.42. The summed E-state index contributed by atoms with van der Waals surface area (Å²) >= 11 is 3.99. The number of hydrogen-bond acceptors (Lipinski definition) is 3. The first kappa shape index (κ1) is 16.9. The summed E-state index contributed by atoms with van der Waals surface area (Å²) in [6, 6.07) is 21.4. The van der Waals surface area contributed by atoms with Crippen LogP contribution in [0.4, 0.5) is 0 Å². The lowest BCUT2D eigenvalue weighted by Gasteiger charge is -2.13. The van der Waals surface area contributed by atoms with E-state index in [1.807, 2.05) is 23.5 Å². The molecule has 1 aliphatic rings. The van der Waals surface area contributed by atoms with E-state index < -0.39 is 0 Å². The van der Waals surface area contributed by atoms with Gasteiger partial charge in [0.1, 0.15) is 0 Å². The molecule has 0 amide bonds. The van der Waals surface area contributed by atoms with Crippen LogP contribution in [0.5, 0.6) is 0 Å². The molecule has 0 bridgehead atoms. The van der Waals surface area contributed by atoms with Crippen molar-refractivity contribution in [2.24, 2.45) is 0 Å². The highest BCUT2D eigenvalue weighted by Crippen LogP contribution is 2.27. The summed E-state index contributed by atoms with van der Waals surface area (Å²) in [4.78, 5) is 0. The van der Waals surface area contributed by atoms with E-state index in [0.29, 0.717) is 12.2 Å². The van der Waals surface area contributed by atoms with Crippen LogP contribution in [0.2, 0.25) is 0 Å². The Kier molecular flexibility index (Phi) is 6.93. The molecule has 1 aliphatic heterocycles. The van der Waals surface area contributed by atoms with Crippen LogP contribution >= 0.6 is 23.5 Å². The predicted octanol–water partition coefficient (Wildman–Crippen LogP) is 5.40. The molecule has 0 unspecified atom stereocenters. The van der Waals surface area contributed by atoms with Crippen molar-refractivity contribution < 1.29 is 4.74 Å². The molecule has 0 radical (unpaired) electrons. The van der Waals surface area contributed by atoms with E-state index in [4.69, 9.17) is 4.74 Å². The molecular formula is C20H24OS2. The van der Waals surface area contributed by atoms with Crippen molar-refractivity contribution in [3.05, 3.63) is 71.8 Å². The van der Waals surface area contributed by atoms with Crippen molar-refractivity contribution in [2.45, 2.75) is 36.6 Å². The highest BCUT2D eigenvalue weighted by Gasteiger charge is 2.24. The minimum atomic E-state index is 0.450. The van der Waals surface area contributed by atoms with Crippen LogP contribution in [0.15, 0.2) is 60.7 Å². The molecule has 0 spiro atoms. The molecule has 1 heterocycles. The molecule has 3 rings (SSSR count). The molecule has 1 fully saturated rings. The van der Waals surface area contributed by atoms with Crippen molar-refractivity contribution in [3.8, 4) is 0 Å². The van der Waals surface area contributed by atoms with Gasteiger partial charge in [0.05, 0.1) is 12.2 Å². The van der Waals surface area contributed by atoms with Gasteiger partial charge in [-0.25, -0.2) is 0 Å². The van der Waals surface area contributed by atoms with Crippen LogP contribution in [0.3, 0.4) is 0 Å². The molecule has 2 aromatic carbocycles. The molecule has 1 nitrogen and oxygen atoms in total. The van der Waals surface area contributed by atoms with Crippen molar-refractivity contribution in [2.75, 3.05) is 11.5 Å². The van der Waals surface area contributed by atoms with E-state index in [1.165, 1.54) is 24.0 Å². The summed E-state index contributed by atoms with van der Waals surface area (Å²) in [5.41, 5.74) is 2.82. The van der Waals surface area contributed by atoms with Gasteiger partial charge in [-0.15, -0.1) is 0 Å². The van der Waals surface area contributed by atoms with E-state index in [0.717, 1.165) is 23.0 Å². The van der Waals surface area contributed by atoms with Gasteiger partial charge in [0.15, 0.2) is 0 Å². The summed E-state index contributed by atoms with van der Waals surface area (Å²) in [6.45, 7) is 0. The third-order valence-electron chi connectivity index (χ3n) is 4.03. The van der Waals surface area contributed by atoms with E-state index >= 15 is 0 Å². The first-order valence-corrected chi connectivity index (χ1v) is 10.6. The molecule has 0 aliphatic carbocycles. The Hall–Kier alpha value is -0.900. The van der Waals surface area contributed by atoms with Crippen LogP contribution in [-0.4, -0.2) is 23.7 Å². The number of hydrogen-bond donors (Lipinski definition) is 0. The zero-order valence-electron chi connectivity index (χ0n) is 13.4. The lowest BCUT2D eigenvalue weighted by molar-refractivity contribution is 0.0727. The third kappa shape index (κ3) is 5.91. The van der Waals surface area contributed by atoms with Gasteiger partial charge in [0.25, 0.3) is 0 Å². The second-order valence-corrected chi connectivity index (χ2v) is 8.02. The van der Waals surface area contributed by atoms with Crippen molar-refractivity contribution in [3.63, 3.8) is 0 Å². The monoisotopic (exact) mass is 344 g/mol. The van der Waals surface area contributed by atoms with Gasteiger partial charge >= 0.3 is 0 Å². The van der Waals surface area contributed by atoms with Gasteiger partial charge in [-0.05, 0) is 24.0 Å². The van der Waals surface area contributed by atoms with Crippen LogP contribution in [-0.2, 0) is 16.2 Å². The van der Waals surface area contributed by atoms with Crippen molar-refractivity contribution in [1.29, 1.82) is 0 Å². The Morgan fingerprint density at radius 3 is 1.57 bits per heavy atom. The predicted molar refractivity (Wildman–Crippen MR) is 103 cm³/mol. The van der Waals surface area contributed by atoms with Gasteiger partial charge in [-0.1, -0.05) is 60.7 Å².